The van der Waals surface area contributed by atoms with Crippen LogP contribution in [0.1, 0.15) is 72.9 Å². The zero-order chi connectivity index (χ0) is 20.8. The van der Waals surface area contributed by atoms with E-state index in [1.165, 1.54) is 18.4 Å². The Kier molecular flexibility index (Phi) is 7.24. The third-order valence-electron chi connectivity index (χ3n) is 6.51. The van der Waals surface area contributed by atoms with Gasteiger partial charge < -0.3 is 9.47 Å². The molecule has 0 aliphatic heterocycles. The van der Waals surface area contributed by atoms with Gasteiger partial charge in [0.15, 0.2) is 5.78 Å². The minimum atomic E-state index is 0.184. The molecule has 5 nitrogen and oxygen atoms in total. The molecule has 1 atom stereocenters. The van der Waals surface area contributed by atoms with Crippen LogP contribution >= 0.6 is 0 Å². The standard InChI is InChI=1S/C24H32N2O3/c1-5-17(14-22(27)20-10-11-23(28-3)26-15-20)18-6-8-19(9-7-18)21-12-13-25-24(29-4)16(21)2/h10-13,15,17-19H,5-9,14H2,1-4H3/t17-,18?,19?/m1/s1. The third-order valence-corrected chi connectivity index (χ3v) is 6.51. The zero-order valence-electron chi connectivity index (χ0n) is 18.0. The summed E-state index contributed by atoms with van der Waals surface area (Å²) in [6.07, 6.45) is 9.77. The van der Waals surface area contributed by atoms with E-state index in [2.05, 4.69) is 29.9 Å². The number of hydrogen-bond acceptors (Lipinski definition) is 5. The molecule has 5 heteroatoms. The molecule has 2 aromatic rings. The van der Waals surface area contributed by atoms with Crippen LogP contribution in [-0.2, 0) is 0 Å². The van der Waals surface area contributed by atoms with Crippen molar-refractivity contribution in [2.24, 2.45) is 11.8 Å². The van der Waals surface area contributed by atoms with Crippen LogP contribution in [0.2, 0.25) is 0 Å². The molecule has 2 heterocycles. The molecule has 3 rings (SSSR count). The van der Waals surface area contributed by atoms with Crippen LogP contribution in [-0.4, -0.2) is 30.0 Å². The average molecular weight is 397 g/mol. The molecule has 0 aromatic carbocycles. The minimum Gasteiger partial charge on any atom is -0.481 e. The van der Waals surface area contributed by atoms with Crippen molar-refractivity contribution in [3.8, 4) is 11.8 Å². The van der Waals surface area contributed by atoms with Gasteiger partial charge in [-0.05, 0) is 68.1 Å². The number of aromatic nitrogens is 2. The smallest absolute Gasteiger partial charge is 0.216 e. The number of carbonyl (C=O) groups excluding carboxylic acids is 1. The molecule has 29 heavy (non-hydrogen) atoms. The quantitative estimate of drug-likeness (QED) is 0.561. The maximum absolute atomic E-state index is 12.8. The summed E-state index contributed by atoms with van der Waals surface area (Å²) in [6, 6.07) is 5.71. The molecular formula is C24H32N2O3. The first kappa shape index (κ1) is 21.3. The van der Waals surface area contributed by atoms with Gasteiger partial charge in [0, 0.05) is 36.0 Å². The van der Waals surface area contributed by atoms with Crippen LogP contribution in [0.15, 0.2) is 30.6 Å². The minimum absolute atomic E-state index is 0.184. The van der Waals surface area contributed by atoms with E-state index in [-0.39, 0.29) is 5.78 Å². The van der Waals surface area contributed by atoms with E-state index in [9.17, 15) is 4.79 Å². The first-order chi connectivity index (χ1) is 14.1. The fourth-order valence-corrected chi connectivity index (χ4v) is 4.75. The predicted molar refractivity (Wildman–Crippen MR) is 114 cm³/mol. The topological polar surface area (TPSA) is 61.3 Å². The number of nitrogens with zero attached hydrogens (tertiary/aromatic N) is 2. The lowest BCUT2D eigenvalue weighted by Gasteiger charge is -2.34. The second kappa shape index (κ2) is 9.86. The van der Waals surface area contributed by atoms with E-state index in [0.717, 1.165) is 30.7 Å². The lowest BCUT2D eigenvalue weighted by atomic mass is 9.71. The molecule has 1 saturated carbocycles. The maximum atomic E-state index is 12.8. The normalized spacial score (nSPS) is 20.1. The monoisotopic (exact) mass is 396 g/mol. The van der Waals surface area contributed by atoms with Gasteiger partial charge in [0.1, 0.15) is 0 Å². The Bertz CT molecular complexity index is 811. The van der Waals surface area contributed by atoms with Gasteiger partial charge in [-0.15, -0.1) is 0 Å². The molecule has 0 saturated heterocycles. The molecule has 156 valence electrons. The Morgan fingerprint density at radius 3 is 2.45 bits per heavy atom. The molecule has 0 N–H and O–H groups in total. The van der Waals surface area contributed by atoms with E-state index in [4.69, 9.17) is 9.47 Å². The first-order valence-corrected chi connectivity index (χ1v) is 10.6. The fraction of sp³-hybridized carbons (Fsp3) is 0.542. The summed E-state index contributed by atoms with van der Waals surface area (Å²) in [5, 5.41) is 0. The summed E-state index contributed by atoms with van der Waals surface area (Å²) in [7, 11) is 3.26. The van der Waals surface area contributed by atoms with Crippen LogP contribution in [0.3, 0.4) is 0 Å². The third kappa shape index (κ3) is 4.95. The molecule has 0 spiro atoms. The number of carbonyl (C=O) groups is 1. The van der Waals surface area contributed by atoms with Crippen LogP contribution < -0.4 is 9.47 Å². The lowest BCUT2D eigenvalue weighted by Crippen LogP contribution is -2.23. The zero-order valence-corrected chi connectivity index (χ0v) is 18.0. The number of ketones is 1. The highest BCUT2D eigenvalue weighted by atomic mass is 16.5. The fourth-order valence-electron chi connectivity index (χ4n) is 4.75. The van der Waals surface area contributed by atoms with Crippen molar-refractivity contribution in [1.82, 2.24) is 9.97 Å². The van der Waals surface area contributed by atoms with Gasteiger partial charge >= 0.3 is 0 Å². The molecule has 1 aliphatic carbocycles. The highest BCUT2D eigenvalue weighted by molar-refractivity contribution is 5.95. The highest BCUT2D eigenvalue weighted by Crippen LogP contribution is 2.42. The van der Waals surface area contributed by atoms with Crippen molar-refractivity contribution in [1.29, 1.82) is 0 Å². The molecule has 1 fully saturated rings. The molecular weight excluding hydrogens is 364 g/mol. The molecule has 1 aliphatic rings. The number of pyridine rings is 2. The lowest BCUT2D eigenvalue weighted by molar-refractivity contribution is 0.0925. The van der Waals surface area contributed by atoms with Crippen LogP contribution in [0.4, 0.5) is 0 Å². The van der Waals surface area contributed by atoms with Gasteiger partial charge in [0.2, 0.25) is 11.8 Å². The largest absolute Gasteiger partial charge is 0.481 e. The van der Waals surface area contributed by atoms with Gasteiger partial charge in [0.05, 0.1) is 14.2 Å². The maximum Gasteiger partial charge on any atom is 0.216 e. The molecule has 0 bridgehead atoms. The van der Waals surface area contributed by atoms with Gasteiger partial charge in [-0.3, -0.25) is 4.79 Å². The summed E-state index contributed by atoms with van der Waals surface area (Å²) in [4.78, 5) is 21.2. The average Bonchev–Trinajstić information content (AvgIpc) is 2.77. The summed E-state index contributed by atoms with van der Waals surface area (Å²) >= 11 is 0. The van der Waals surface area contributed by atoms with Crippen molar-refractivity contribution in [3.63, 3.8) is 0 Å². The summed E-state index contributed by atoms with van der Waals surface area (Å²) in [5.74, 6) is 3.05. The van der Waals surface area contributed by atoms with Crippen molar-refractivity contribution in [2.45, 2.75) is 58.3 Å². The number of rotatable bonds is 8. The van der Waals surface area contributed by atoms with Crippen LogP contribution in [0, 0.1) is 18.8 Å². The van der Waals surface area contributed by atoms with Gasteiger partial charge in [-0.1, -0.05) is 13.3 Å². The van der Waals surface area contributed by atoms with Gasteiger partial charge in [-0.25, -0.2) is 9.97 Å². The van der Waals surface area contributed by atoms with Crippen molar-refractivity contribution < 1.29 is 14.3 Å². The first-order valence-electron chi connectivity index (χ1n) is 10.6. The van der Waals surface area contributed by atoms with Gasteiger partial charge in [-0.2, -0.15) is 0 Å². The second-order valence-electron chi connectivity index (χ2n) is 8.03. The SMILES string of the molecule is CC[C@H](CC(=O)c1ccc(OC)nc1)C1CCC(c2ccnc(OC)c2C)CC1. The van der Waals surface area contributed by atoms with E-state index in [0.29, 0.717) is 35.6 Å². The Morgan fingerprint density at radius 2 is 1.86 bits per heavy atom. The summed E-state index contributed by atoms with van der Waals surface area (Å²) in [5.41, 5.74) is 3.20. The summed E-state index contributed by atoms with van der Waals surface area (Å²) in [6.45, 7) is 4.30. The van der Waals surface area contributed by atoms with Crippen LogP contribution in [0.25, 0.3) is 0 Å². The van der Waals surface area contributed by atoms with E-state index in [1.807, 2.05) is 12.3 Å². The van der Waals surface area contributed by atoms with E-state index in [1.54, 1.807) is 26.5 Å². The van der Waals surface area contributed by atoms with Crippen molar-refractivity contribution in [2.75, 3.05) is 14.2 Å². The van der Waals surface area contributed by atoms with Crippen molar-refractivity contribution >= 4 is 5.78 Å². The van der Waals surface area contributed by atoms with Crippen LogP contribution in [0.5, 0.6) is 11.8 Å². The molecule has 0 unspecified atom stereocenters. The second-order valence-corrected chi connectivity index (χ2v) is 8.03. The summed E-state index contributed by atoms with van der Waals surface area (Å²) < 4.78 is 10.5. The Morgan fingerprint density at radius 1 is 1.10 bits per heavy atom. The molecule has 2 aromatic heterocycles. The number of hydrogen-bond donors (Lipinski definition) is 0. The Balaban J connectivity index is 1.60. The Hall–Kier alpha value is -2.43. The highest BCUT2D eigenvalue weighted by Gasteiger charge is 2.30. The Labute approximate surface area is 173 Å². The van der Waals surface area contributed by atoms with E-state index >= 15 is 0 Å². The number of ether oxygens (including phenoxy) is 2. The van der Waals surface area contributed by atoms with E-state index < -0.39 is 0 Å². The number of methoxy groups -OCH3 is 2. The molecule has 0 radical (unpaired) electrons. The predicted octanol–water partition coefficient (Wildman–Crippen LogP) is 5.38. The number of Topliss-reactive ketones (excluding diaryl/α,β-unsaturated/α-hetero) is 1. The van der Waals surface area contributed by atoms with Crippen molar-refractivity contribution in [3.05, 3.63) is 47.3 Å². The van der Waals surface area contributed by atoms with Gasteiger partial charge in [0.25, 0.3) is 0 Å². The molecule has 0 amide bonds.